The van der Waals surface area contributed by atoms with Crippen LogP contribution in [0.5, 0.6) is 0 Å². The van der Waals surface area contributed by atoms with Gasteiger partial charge < -0.3 is 20.4 Å². The van der Waals surface area contributed by atoms with E-state index in [1.54, 1.807) is 24.0 Å². The number of benzene rings is 1. The standard InChI is InChI=1S/C22H19ClN8O2S2/c23-21-14(7-8-25-17(21)13-35-22-27-15-3-1-2-4-16(15)28-22)11-24-9-10-34-19-6-5-18-26-12-20(31(32)33)30(18)29-19/h1-8,12,24H,9-11,13H2,(H,27,28). The number of aromatic nitrogens is 6. The van der Waals surface area contributed by atoms with E-state index in [1.807, 2.05) is 36.4 Å². The van der Waals surface area contributed by atoms with Crippen molar-refractivity contribution in [1.29, 1.82) is 0 Å². The van der Waals surface area contributed by atoms with Crippen LogP contribution in [-0.4, -0.2) is 46.8 Å². The molecule has 13 heteroatoms. The highest BCUT2D eigenvalue weighted by Gasteiger charge is 2.16. The van der Waals surface area contributed by atoms with Crippen LogP contribution in [0.25, 0.3) is 16.7 Å². The maximum atomic E-state index is 11.1. The summed E-state index contributed by atoms with van der Waals surface area (Å²) in [5.41, 5.74) is 4.16. The molecule has 1 aromatic carbocycles. The number of para-hydroxylation sites is 2. The fourth-order valence-corrected chi connectivity index (χ4v) is 5.32. The summed E-state index contributed by atoms with van der Waals surface area (Å²) in [4.78, 5) is 26.9. The molecule has 5 rings (SSSR count). The topological polar surface area (TPSA) is 127 Å². The number of imidazole rings is 2. The normalized spacial score (nSPS) is 11.5. The highest BCUT2D eigenvalue weighted by molar-refractivity contribution is 7.99. The molecule has 0 atom stereocenters. The molecule has 0 saturated carbocycles. The minimum Gasteiger partial charge on any atom is -0.358 e. The summed E-state index contributed by atoms with van der Waals surface area (Å²) in [6, 6.07) is 13.3. The van der Waals surface area contributed by atoms with Crippen LogP contribution in [0, 0.1) is 10.1 Å². The van der Waals surface area contributed by atoms with E-state index in [1.165, 1.54) is 22.5 Å². The first-order chi connectivity index (χ1) is 17.1. The van der Waals surface area contributed by atoms with Crippen LogP contribution in [0.2, 0.25) is 5.02 Å². The molecule has 0 saturated heterocycles. The Labute approximate surface area is 213 Å². The summed E-state index contributed by atoms with van der Waals surface area (Å²) in [7, 11) is 0. The molecular weight excluding hydrogens is 508 g/mol. The second kappa shape index (κ2) is 10.6. The molecule has 0 unspecified atom stereocenters. The van der Waals surface area contributed by atoms with Gasteiger partial charge in [-0.25, -0.2) is 9.97 Å². The van der Waals surface area contributed by atoms with Gasteiger partial charge in [-0.05, 0) is 34.8 Å². The van der Waals surface area contributed by atoms with Gasteiger partial charge in [-0.3, -0.25) is 4.98 Å². The molecule has 10 nitrogen and oxygen atoms in total. The van der Waals surface area contributed by atoms with Gasteiger partial charge in [0, 0.05) is 36.9 Å². The van der Waals surface area contributed by atoms with Crippen molar-refractivity contribution in [2.75, 3.05) is 12.3 Å². The molecule has 0 aliphatic heterocycles. The van der Waals surface area contributed by atoms with Crippen LogP contribution < -0.4 is 5.32 Å². The number of fused-ring (bicyclic) bond motifs is 2. The third-order valence-corrected chi connectivity index (χ3v) is 7.37. The van der Waals surface area contributed by atoms with Gasteiger partial charge >= 0.3 is 5.82 Å². The molecule has 0 bridgehead atoms. The van der Waals surface area contributed by atoms with Crippen LogP contribution in [0.15, 0.2) is 65.0 Å². The number of hydrogen-bond donors (Lipinski definition) is 2. The first-order valence-electron chi connectivity index (χ1n) is 10.6. The number of aromatic amines is 1. The first kappa shape index (κ1) is 23.5. The Morgan fingerprint density at radius 1 is 1.14 bits per heavy atom. The summed E-state index contributed by atoms with van der Waals surface area (Å²) in [6.45, 7) is 1.31. The zero-order valence-corrected chi connectivity index (χ0v) is 20.6. The van der Waals surface area contributed by atoms with Crippen LogP contribution in [0.1, 0.15) is 11.3 Å². The second-order valence-corrected chi connectivity index (χ2v) is 9.88. The molecular formula is C22H19ClN8O2S2. The minimum absolute atomic E-state index is 0.151. The van der Waals surface area contributed by atoms with Crippen molar-refractivity contribution >= 4 is 57.6 Å². The fourth-order valence-electron chi connectivity index (χ4n) is 3.40. The Morgan fingerprint density at radius 3 is 2.89 bits per heavy atom. The third kappa shape index (κ3) is 5.40. The predicted octanol–water partition coefficient (Wildman–Crippen LogP) is 4.74. The molecule has 0 radical (unpaired) electrons. The van der Waals surface area contributed by atoms with Gasteiger partial charge in [-0.2, -0.15) is 0 Å². The quantitative estimate of drug-likeness (QED) is 0.115. The van der Waals surface area contributed by atoms with Gasteiger partial charge in [0.15, 0.2) is 5.16 Å². The van der Waals surface area contributed by atoms with Crippen LogP contribution in [-0.2, 0) is 12.3 Å². The van der Waals surface area contributed by atoms with Gasteiger partial charge in [-0.1, -0.05) is 45.1 Å². The molecule has 4 aromatic heterocycles. The third-order valence-electron chi connectivity index (χ3n) is 5.11. The SMILES string of the molecule is O=[N+]([O-])c1cnc2ccc(SCCNCc3ccnc(CSc4nc5ccccc5[nH]4)c3Cl)nn12. The Morgan fingerprint density at radius 2 is 2.03 bits per heavy atom. The van der Waals surface area contributed by atoms with Gasteiger partial charge in [-0.15, -0.1) is 11.8 Å². The lowest BCUT2D eigenvalue weighted by molar-refractivity contribution is -0.391. The summed E-state index contributed by atoms with van der Waals surface area (Å²) in [5.74, 6) is 1.19. The molecule has 2 N–H and O–H groups in total. The Balaban J connectivity index is 1.13. The monoisotopic (exact) mass is 526 g/mol. The number of nitrogens with one attached hydrogen (secondary N) is 2. The molecule has 0 aliphatic rings. The number of H-pyrrole nitrogens is 1. The summed E-state index contributed by atoms with van der Waals surface area (Å²) < 4.78 is 1.25. The number of rotatable bonds is 10. The van der Waals surface area contributed by atoms with Gasteiger partial charge in [0.25, 0.3) is 0 Å². The Kier molecular flexibility index (Phi) is 7.13. The molecule has 0 spiro atoms. The van der Waals surface area contributed by atoms with Crippen LogP contribution in [0.4, 0.5) is 5.82 Å². The number of halogens is 1. The number of nitro groups is 1. The van der Waals surface area contributed by atoms with Crippen molar-refractivity contribution in [3.63, 3.8) is 0 Å². The number of pyridine rings is 1. The Hall–Kier alpha value is -3.19. The Bertz CT molecular complexity index is 1470. The van der Waals surface area contributed by atoms with E-state index in [9.17, 15) is 10.1 Å². The highest BCUT2D eigenvalue weighted by atomic mass is 35.5. The predicted molar refractivity (Wildman–Crippen MR) is 137 cm³/mol. The zero-order valence-electron chi connectivity index (χ0n) is 18.2. The summed E-state index contributed by atoms with van der Waals surface area (Å²) >= 11 is 9.69. The lowest BCUT2D eigenvalue weighted by atomic mass is 10.2. The fraction of sp³-hybridized carbons (Fsp3) is 0.182. The van der Waals surface area contributed by atoms with Crippen molar-refractivity contribution in [1.82, 2.24) is 34.9 Å². The summed E-state index contributed by atoms with van der Waals surface area (Å²) in [5, 5.41) is 20.9. The van der Waals surface area contributed by atoms with Gasteiger partial charge in [0.05, 0.1) is 21.7 Å². The van der Waals surface area contributed by atoms with Crippen LogP contribution >= 0.6 is 35.1 Å². The number of hydrogen-bond acceptors (Lipinski definition) is 9. The average Bonchev–Trinajstić information content (AvgIpc) is 3.47. The van der Waals surface area contributed by atoms with Crippen molar-refractivity contribution in [2.45, 2.75) is 22.5 Å². The molecule has 0 fully saturated rings. The maximum absolute atomic E-state index is 11.1. The van der Waals surface area contributed by atoms with Gasteiger partial charge in [0.2, 0.25) is 5.65 Å². The molecule has 178 valence electrons. The lowest BCUT2D eigenvalue weighted by Gasteiger charge is -2.09. The minimum atomic E-state index is -0.495. The molecule has 0 aliphatic carbocycles. The van der Waals surface area contributed by atoms with E-state index in [0.29, 0.717) is 34.5 Å². The highest BCUT2D eigenvalue weighted by Crippen LogP contribution is 2.27. The number of thioether (sulfide) groups is 2. The second-order valence-electron chi connectivity index (χ2n) is 7.42. The van der Waals surface area contributed by atoms with Gasteiger partial charge in [0.1, 0.15) is 11.2 Å². The van der Waals surface area contributed by atoms with Crippen molar-refractivity contribution in [2.24, 2.45) is 0 Å². The largest absolute Gasteiger partial charge is 0.368 e. The zero-order chi connectivity index (χ0) is 24.2. The van der Waals surface area contributed by atoms with E-state index in [0.717, 1.165) is 33.2 Å². The van der Waals surface area contributed by atoms with Crippen LogP contribution in [0.3, 0.4) is 0 Å². The van der Waals surface area contributed by atoms with Crippen molar-refractivity contribution in [3.8, 4) is 0 Å². The maximum Gasteiger partial charge on any atom is 0.368 e. The number of nitrogens with zero attached hydrogens (tertiary/aromatic N) is 6. The van der Waals surface area contributed by atoms with Crippen molar-refractivity contribution in [3.05, 3.63) is 81.3 Å². The van der Waals surface area contributed by atoms with E-state index in [-0.39, 0.29) is 5.82 Å². The molecule has 35 heavy (non-hydrogen) atoms. The molecule has 4 heterocycles. The summed E-state index contributed by atoms with van der Waals surface area (Å²) in [6.07, 6.45) is 2.98. The van der Waals surface area contributed by atoms with E-state index >= 15 is 0 Å². The molecule has 0 amide bonds. The average molecular weight is 527 g/mol. The molecule has 5 aromatic rings. The van der Waals surface area contributed by atoms with E-state index in [4.69, 9.17) is 11.6 Å². The van der Waals surface area contributed by atoms with E-state index in [2.05, 4.69) is 30.4 Å². The first-order valence-corrected chi connectivity index (χ1v) is 13.0. The lowest BCUT2D eigenvalue weighted by Crippen LogP contribution is -2.17. The van der Waals surface area contributed by atoms with Crippen molar-refractivity contribution < 1.29 is 4.92 Å². The smallest absolute Gasteiger partial charge is 0.358 e. The van der Waals surface area contributed by atoms with E-state index < -0.39 is 4.92 Å².